The van der Waals surface area contributed by atoms with Gasteiger partial charge in [0, 0.05) is 55.4 Å². The van der Waals surface area contributed by atoms with Crippen LogP contribution in [0.25, 0.3) is 11.0 Å². The molecule has 0 aliphatic carbocycles. The summed E-state index contributed by atoms with van der Waals surface area (Å²) in [6.07, 6.45) is 5.85. The highest BCUT2D eigenvalue weighted by Crippen LogP contribution is 2.29. The number of piperidine rings is 1. The lowest BCUT2D eigenvalue weighted by atomic mass is 9.97. The maximum atomic E-state index is 13.4. The summed E-state index contributed by atoms with van der Waals surface area (Å²) >= 11 is 6.11. The van der Waals surface area contributed by atoms with E-state index < -0.39 is 5.91 Å². The van der Waals surface area contributed by atoms with Crippen LogP contribution in [0.3, 0.4) is 0 Å². The summed E-state index contributed by atoms with van der Waals surface area (Å²) in [4.78, 5) is 42.6. The van der Waals surface area contributed by atoms with Crippen LogP contribution in [0.2, 0.25) is 5.02 Å². The van der Waals surface area contributed by atoms with Gasteiger partial charge in [-0.25, -0.2) is 0 Å². The number of carbonyl (C=O) groups excluding carboxylic acids is 2. The van der Waals surface area contributed by atoms with Crippen molar-refractivity contribution >= 4 is 40.1 Å². The van der Waals surface area contributed by atoms with Gasteiger partial charge in [-0.3, -0.25) is 14.4 Å². The van der Waals surface area contributed by atoms with Gasteiger partial charge in [0.05, 0.1) is 11.4 Å². The van der Waals surface area contributed by atoms with Gasteiger partial charge in [0.1, 0.15) is 11.3 Å². The van der Waals surface area contributed by atoms with Gasteiger partial charge < -0.3 is 24.6 Å². The molecule has 2 N–H and O–H groups in total. The molecule has 1 atom stereocenters. The number of nitrogens with one attached hydrogen (secondary N) is 1. The van der Waals surface area contributed by atoms with Crippen molar-refractivity contribution in [1.82, 2.24) is 10.2 Å². The van der Waals surface area contributed by atoms with Gasteiger partial charge in [-0.15, -0.1) is 0 Å². The number of phenols is 1. The number of likely N-dealkylation sites (tertiary alicyclic amines) is 1. The summed E-state index contributed by atoms with van der Waals surface area (Å²) in [5, 5.41) is 13.8. The van der Waals surface area contributed by atoms with E-state index in [1.807, 2.05) is 41.3 Å². The Bertz CT molecular complexity index is 1770. The predicted molar refractivity (Wildman–Crippen MR) is 171 cm³/mol. The average Bonchev–Trinajstić information content (AvgIpc) is 3.42. The fourth-order valence-corrected chi connectivity index (χ4v) is 6.16. The first-order valence-corrected chi connectivity index (χ1v) is 15.3. The fourth-order valence-electron chi connectivity index (χ4n) is 6.04. The third kappa shape index (κ3) is 6.81. The molecule has 3 heterocycles. The molecule has 8 nitrogen and oxygen atoms in total. The molecule has 6 rings (SSSR count). The molecule has 1 aromatic heterocycles. The maximum absolute atomic E-state index is 13.4. The second kappa shape index (κ2) is 13.0. The number of carbonyl (C=O) groups is 2. The van der Waals surface area contributed by atoms with E-state index in [1.165, 1.54) is 29.8 Å². The van der Waals surface area contributed by atoms with Crippen molar-refractivity contribution in [3.8, 4) is 5.75 Å². The van der Waals surface area contributed by atoms with Crippen LogP contribution >= 0.6 is 11.6 Å². The summed E-state index contributed by atoms with van der Waals surface area (Å²) in [5.74, 6) is -0.456. The highest BCUT2D eigenvalue weighted by atomic mass is 35.5. The number of fused-ring (bicyclic) bond motifs is 1. The highest BCUT2D eigenvalue weighted by Gasteiger charge is 2.24. The molecular formula is C35H34ClN3O5. The SMILES string of the molecule is O=C(N[C@@H](C=C1CCN(c2ccccc2CN2CCCC2=O)CC1)Cc1ccc(Cl)cc1)c1cc(=O)c2ccc(O)cc2o1. The first kappa shape index (κ1) is 29.5. The summed E-state index contributed by atoms with van der Waals surface area (Å²) in [6.45, 7) is 3.09. The largest absolute Gasteiger partial charge is 0.508 e. The summed E-state index contributed by atoms with van der Waals surface area (Å²) in [5.41, 5.74) is 4.35. The van der Waals surface area contributed by atoms with Crippen molar-refractivity contribution in [2.45, 2.75) is 44.7 Å². The molecule has 0 radical (unpaired) electrons. The lowest BCUT2D eigenvalue weighted by Crippen LogP contribution is -2.37. The number of para-hydroxylation sites is 1. The number of aromatic hydroxyl groups is 1. The monoisotopic (exact) mass is 611 g/mol. The van der Waals surface area contributed by atoms with E-state index in [0.717, 1.165) is 55.7 Å². The quantitative estimate of drug-likeness (QED) is 0.243. The number of phenolic OH excluding ortho intramolecular Hbond substituents is 1. The van der Waals surface area contributed by atoms with Crippen LogP contribution in [0.5, 0.6) is 5.75 Å². The minimum Gasteiger partial charge on any atom is -0.508 e. The Morgan fingerprint density at radius 1 is 0.977 bits per heavy atom. The summed E-state index contributed by atoms with van der Waals surface area (Å²) < 4.78 is 5.73. The molecule has 2 saturated heterocycles. The molecule has 4 aromatic rings. The number of hydrogen-bond acceptors (Lipinski definition) is 6. The minimum atomic E-state index is -0.508. The minimum absolute atomic E-state index is 0.0537. The smallest absolute Gasteiger partial charge is 0.287 e. The standard InChI is InChI=1S/C35H34ClN3O5/c36-26-9-7-23(8-10-26)18-27(37-35(43)33-21-31(41)29-12-11-28(40)20-32(29)44-33)19-24-13-16-38(17-14-24)30-5-2-1-4-25(30)22-39-15-3-6-34(39)42/h1-2,4-5,7-12,19-21,27,40H,3,6,13-18,22H2,(H,37,43)/t27-/m1/s1. The number of benzene rings is 3. The van der Waals surface area contributed by atoms with Gasteiger partial charge in [-0.1, -0.05) is 53.6 Å². The molecular weight excluding hydrogens is 578 g/mol. The van der Waals surface area contributed by atoms with Crippen LogP contribution in [0.15, 0.2) is 93.7 Å². The first-order valence-electron chi connectivity index (χ1n) is 14.9. The number of hydrogen-bond donors (Lipinski definition) is 2. The van der Waals surface area contributed by atoms with Crippen molar-refractivity contribution < 1.29 is 19.1 Å². The molecule has 44 heavy (non-hydrogen) atoms. The topological polar surface area (TPSA) is 103 Å². The zero-order valence-electron chi connectivity index (χ0n) is 24.3. The Hall–Kier alpha value is -4.56. The van der Waals surface area contributed by atoms with E-state index in [4.69, 9.17) is 16.0 Å². The lowest BCUT2D eigenvalue weighted by Gasteiger charge is -2.33. The molecule has 226 valence electrons. The number of nitrogens with zero attached hydrogens (tertiary/aromatic N) is 2. The zero-order valence-corrected chi connectivity index (χ0v) is 25.1. The van der Waals surface area contributed by atoms with Crippen molar-refractivity contribution in [3.63, 3.8) is 0 Å². The Kier molecular flexibility index (Phi) is 8.70. The second-order valence-electron chi connectivity index (χ2n) is 11.4. The van der Waals surface area contributed by atoms with Gasteiger partial charge in [-0.05, 0) is 67.1 Å². The number of rotatable bonds is 8. The third-order valence-corrected chi connectivity index (χ3v) is 8.58. The Labute approximate surface area is 260 Å². The Balaban J connectivity index is 1.19. The van der Waals surface area contributed by atoms with Crippen LogP contribution in [0, 0.1) is 0 Å². The van der Waals surface area contributed by atoms with Gasteiger partial charge in [0.25, 0.3) is 5.91 Å². The van der Waals surface area contributed by atoms with Gasteiger partial charge in [0.15, 0.2) is 11.2 Å². The van der Waals surface area contributed by atoms with Crippen LogP contribution in [-0.4, -0.2) is 47.5 Å². The first-order chi connectivity index (χ1) is 21.3. The zero-order chi connectivity index (χ0) is 30.6. The van der Waals surface area contributed by atoms with Crippen LogP contribution < -0.4 is 15.6 Å². The molecule has 2 aliphatic heterocycles. The molecule has 3 aromatic carbocycles. The number of halogens is 1. The van der Waals surface area contributed by atoms with E-state index in [0.29, 0.717) is 29.8 Å². The molecule has 2 amide bonds. The molecule has 0 bridgehead atoms. The maximum Gasteiger partial charge on any atom is 0.287 e. The van der Waals surface area contributed by atoms with E-state index in [-0.39, 0.29) is 34.5 Å². The molecule has 9 heteroatoms. The molecule has 0 unspecified atom stereocenters. The Morgan fingerprint density at radius 2 is 1.75 bits per heavy atom. The van der Waals surface area contributed by atoms with Crippen LogP contribution in [0.4, 0.5) is 5.69 Å². The van der Waals surface area contributed by atoms with E-state index in [9.17, 15) is 19.5 Å². The average molecular weight is 612 g/mol. The number of amides is 2. The van der Waals surface area contributed by atoms with Crippen molar-refractivity contribution in [2.75, 3.05) is 24.5 Å². The molecule has 2 fully saturated rings. The molecule has 0 spiro atoms. The highest BCUT2D eigenvalue weighted by molar-refractivity contribution is 6.30. The lowest BCUT2D eigenvalue weighted by molar-refractivity contribution is -0.128. The number of anilines is 1. The van der Waals surface area contributed by atoms with Crippen molar-refractivity contribution in [3.05, 3.63) is 117 Å². The van der Waals surface area contributed by atoms with Crippen LogP contribution in [-0.2, 0) is 17.8 Å². The molecule has 0 saturated carbocycles. The summed E-state index contributed by atoms with van der Waals surface area (Å²) in [6, 6.07) is 20.9. The van der Waals surface area contributed by atoms with E-state index in [1.54, 1.807) is 0 Å². The van der Waals surface area contributed by atoms with Gasteiger partial charge >= 0.3 is 0 Å². The molecule has 2 aliphatic rings. The Morgan fingerprint density at radius 3 is 2.50 bits per heavy atom. The third-order valence-electron chi connectivity index (χ3n) is 8.33. The van der Waals surface area contributed by atoms with E-state index in [2.05, 4.69) is 28.4 Å². The fraction of sp³-hybridized carbons (Fsp3) is 0.286. The summed E-state index contributed by atoms with van der Waals surface area (Å²) in [7, 11) is 0. The normalized spacial score (nSPS) is 15.9. The van der Waals surface area contributed by atoms with E-state index >= 15 is 0 Å². The van der Waals surface area contributed by atoms with Crippen molar-refractivity contribution in [1.29, 1.82) is 0 Å². The van der Waals surface area contributed by atoms with Crippen LogP contribution in [0.1, 0.15) is 47.4 Å². The van der Waals surface area contributed by atoms with Crippen molar-refractivity contribution in [2.24, 2.45) is 0 Å². The van der Waals surface area contributed by atoms with Gasteiger partial charge in [-0.2, -0.15) is 0 Å². The predicted octanol–water partition coefficient (Wildman–Crippen LogP) is 5.84. The van der Waals surface area contributed by atoms with Gasteiger partial charge in [0.2, 0.25) is 5.91 Å². The second-order valence-corrected chi connectivity index (χ2v) is 11.9.